The SMILES string of the molecule is Cc1cccc(Cn2c(=O)c(C(=O)NCc3ccco3)nn(-c3ccc(Cl)cc3)c2=O)c1. The number of nitrogens with zero attached hydrogens (tertiary/aromatic N) is 3. The Bertz CT molecular complexity index is 1370. The molecule has 4 rings (SSSR count). The molecule has 2 aromatic heterocycles. The van der Waals surface area contributed by atoms with Crippen LogP contribution in [0.5, 0.6) is 0 Å². The number of nitrogens with one attached hydrogen (secondary N) is 1. The zero-order valence-corrected chi connectivity index (χ0v) is 17.9. The molecule has 8 nitrogen and oxygen atoms in total. The van der Waals surface area contributed by atoms with E-state index < -0.39 is 22.9 Å². The Hall–Kier alpha value is -3.91. The lowest BCUT2D eigenvalue weighted by atomic mass is 10.1. The number of benzene rings is 2. The number of halogens is 1. The van der Waals surface area contributed by atoms with Crippen LogP contribution in [0.25, 0.3) is 5.69 Å². The Morgan fingerprint density at radius 2 is 1.88 bits per heavy atom. The third-order valence-corrected chi connectivity index (χ3v) is 5.02. The Morgan fingerprint density at radius 3 is 2.56 bits per heavy atom. The minimum absolute atomic E-state index is 0.00603. The highest BCUT2D eigenvalue weighted by molar-refractivity contribution is 6.30. The van der Waals surface area contributed by atoms with E-state index in [0.717, 1.165) is 20.4 Å². The zero-order valence-electron chi connectivity index (χ0n) is 17.1. The standard InChI is InChI=1S/C23H19ClN4O4/c1-15-4-2-5-16(12-15)14-27-22(30)20(21(29)25-13-19-6-3-11-32-19)26-28(23(27)31)18-9-7-17(24)8-10-18/h2-12H,13-14H2,1H3,(H,25,29). The van der Waals surface area contributed by atoms with Crippen molar-refractivity contribution in [1.82, 2.24) is 19.7 Å². The summed E-state index contributed by atoms with van der Waals surface area (Å²) in [5, 5.41) is 7.16. The van der Waals surface area contributed by atoms with Gasteiger partial charge in [-0.05, 0) is 48.9 Å². The number of hydrogen-bond acceptors (Lipinski definition) is 5. The van der Waals surface area contributed by atoms with E-state index in [1.54, 1.807) is 36.4 Å². The van der Waals surface area contributed by atoms with Crippen molar-refractivity contribution in [2.45, 2.75) is 20.0 Å². The molecule has 32 heavy (non-hydrogen) atoms. The molecule has 0 aliphatic heterocycles. The predicted octanol–water partition coefficient (Wildman–Crippen LogP) is 2.93. The van der Waals surface area contributed by atoms with Crippen LogP contribution >= 0.6 is 11.6 Å². The molecule has 0 aliphatic rings. The number of amides is 1. The summed E-state index contributed by atoms with van der Waals surface area (Å²) in [6.07, 6.45) is 1.48. The lowest BCUT2D eigenvalue weighted by Gasteiger charge is -2.12. The molecule has 1 amide bonds. The van der Waals surface area contributed by atoms with Crippen LogP contribution in [0.15, 0.2) is 80.9 Å². The van der Waals surface area contributed by atoms with Crippen molar-refractivity contribution < 1.29 is 9.21 Å². The van der Waals surface area contributed by atoms with E-state index in [1.165, 1.54) is 6.26 Å². The molecule has 0 unspecified atom stereocenters. The Balaban J connectivity index is 1.80. The van der Waals surface area contributed by atoms with Gasteiger partial charge in [-0.3, -0.25) is 14.2 Å². The molecule has 0 radical (unpaired) electrons. The molecule has 2 aromatic carbocycles. The van der Waals surface area contributed by atoms with Crippen molar-refractivity contribution in [3.05, 3.63) is 115 Å². The zero-order chi connectivity index (χ0) is 22.7. The smallest absolute Gasteiger partial charge is 0.352 e. The minimum atomic E-state index is -0.779. The third-order valence-electron chi connectivity index (χ3n) is 4.77. The van der Waals surface area contributed by atoms with Gasteiger partial charge in [-0.1, -0.05) is 41.4 Å². The lowest BCUT2D eigenvalue weighted by molar-refractivity contribution is 0.0938. The van der Waals surface area contributed by atoms with Crippen LogP contribution in [0.4, 0.5) is 0 Å². The van der Waals surface area contributed by atoms with E-state index >= 15 is 0 Å². The first-order chi connectivity index (χ1) is 15.4. The number of carbonyl (C=O) groups excluding carboxylic acids is 1. The maximum atomic E-state index is 13.2. The molecule has 1 N–H and O–H groups in total. The van der Waals surface area contributed by atoms with Gasteiger partial charge in [-0.25, -0.2) is 4.79 Å². The number of aromatic nitrogens is 3. The normalized spacial score (nSPS) is 10.8. The first kappa shape index (κ1) is 21.3. The summed E-state index contributed by atoms with van der Waals surface area (Å²) in [6.45, 7) is 1.98. The number of furan rings is 1. The van der Waals surface area contributed by atoms with Crippen molar-refractivity contribution in [2.24, 2.45) is 0 Å². The Labute approximate surface area is 187 Å². The quantitative estimate of drug-likeness (QED) is 0.487. The van der Waals surface area contributed by atoms with E-state index in [-0.39, 0.29) is 13.1 Å². The highest BCUT2D eigenvalue weighted by Gasteiger charge is 2.20. The van der Waals surface area contributed by atoms with Crippen LogP contribution in [0.2, 0.25) is 5.02 Å². The second kappa shape index (κ2) is 9.07. The summed E-state index contributed by atoms with van der Waals surface area (Å²) in [7, 11) is 0. The maximum absolute atomic E-state index is 13.2. The molecule has 4 aromatic rings. The third kappa shape index (κ3) is 4.55. The number of carbonyl (C=O) groups is 1. The highest BCUT2D eigenvalue weighted by Crippen LogP contribution is 2.11. The van der Waals surface area contributed by atoms with Gasteiger partial charge in [0, 0.05) is 5.02 Å². The van der Waals surface area contributed by atoms with Crippen LogP contribution in [0.1, 0.15) is 27.4 Å². The second-order valence-electron chi connectivity index (χ2n) is 7.16. The first-order valence-electron chi connectivity index (χ1n) is 9.78. The average molecular weight is 451 g/mol. The Morgan fingerprint density at radius 1 is 1.09 bits per heavy atom. The fraction of sp³-hybridized carbons (Fsp3) is 0.130. The highest BCUT2D eigenvalue weighted by atomic mass is 35.5. The molecular formula is C23H19ClN4O4. The number of hydrogen-bond donors (Lipinski definition) is 1. The summed E-state index contributed by atoms with van der Waals surface area (Å²) in [6, 6.07) is 17.2. The molecule has 0 spiro atoms. The van der Waals surface area contributed by atoms with Crippen molar-refractivity contribution in [1.29, 1.82) is 0 Å². The summed E-state index contributed by atoms with van der Waals surface area (Å²) < 4.78 is 7.22. The summed E-state index contributed by atoms with van der Waals surface area (Å²) in [5.74, 6) is -0.198. The number of rotatable bonds is 6. The Kier molecular flexibility index (Phi) is 6.04. The molecule has 0 saturated heterocycles. The lowest BCUT2D eigenvalue weighted by Crippen LogP contribution is -2.46. The van der Waals surface area contributed by atoms with Crippen molar-refractivity contribution in [2.75, 3.05) is 0 Å². The van der Waals surface area contributed by atoms with Gasteiger partial charge < -0.3 is 9.73 Å². The van der Waals surface area contributed by atoms with Gasteiger partial charge in [0.25, 0.3) is 11.5 Å². The molecule has 0 aliphatic carbocycles. The fourth-order valence-electron chi connectivity index (χ4n) is 3.20. The van der Waals surface area contributed by atoms with Crippen molar-refractivity contribution in [3.63, 3.8) is 0 Å². The molecule has 0 atom stereocenters. The molecule has 0 saturated carbocycles. The van der Waals surface area contributed by atoms with Crippen LogP contribution in [-0.2, 0) is 13.1 Å². The van der Waals surface area contributed by atoms with E-state index in [1.807, 2.05) is 31.2 Å². The summed E-state index contributed by atoms with van der Waals surface area (Å²) in [4.78, 5) is 39.1. The fourth-order valence-corrected chi connectivity index (χ4v) is 3.33. The van der Waals surface area contributed by atoms with Crippen LogP contribution in [0, 0.1) is 6.92 Å². The molecule has 2 heterocycles. The van der Waals surface area contributed by atoms with Crippen molar-refractivity contribution in [3.8, 4) is 5.69 Å². The van der Waals surface area contributed by atoms with E-state index in [9.17, 15) is 14.4 Å². The van der Waals surface area contributed by atoms with Gasteiger partial charge in [0.05, 0.1) is 25.0 Å². The summed E-state index contributed by atoms with van der Waals surface area (Å²) >= 11 is 5.95. The predicted molar refractivity (Wildman–Crippen MR) is 119 cm³/mol. The minimum Gasteiger partial charge on any atom is -0.467 e. The molecular weight excluding hydrogens is 432 g/mol. The van der Waals surface area contributed by atoms with Gasteiger partial charge in [0.1, 0.15) is 5.76 Å². The van der Waals surface area contributed by atoms with E-state index in [0.29, 0.717) is 16.5 Å². The molecule has 162 valence electrons. The van der Waals surface area contributed by atoms with Crippen LogP contribution in [0.3, 0.4) is 0 Å². The monoisotopic (exact) mass is 450 g/mol. The summed E-state index contributed by atoms with van der Waals surface area (Å²) in [5.41, 5.74) is 0.260. The molecule has 9 heteroatoms. The van der Waals surface area contributed by atoms with Gasteiger partial charge >= 0.3 is 5.69 Å². The molecule has 0 fully saturated rings. The average Bonchev–Trinajstić information content (AvgIpc) is 3.30. The van der Waals surface area contributed by atoms with E-state index in [2.05, 4.69) is 10.4 Å². The first-order valence-corrected chi connectivity index (χ1v) is 10.2. The van der Waals surface area contributed by atoms with Gasteiger partial charge in [0.15, 0.2) is 0 Å². The van der Waals surface area contributed by atoms with E-state index in [4.69, 9.17) is 16.0 Å². The molecule has 0 bridgehead atoms. The topological polar surface area (TPSA) is 99.1 Å². The largest absolute Gasteiger partial charge is 0.467 e. The number of aryl methyl sites for hydroxylation is 1. The maximum Gasteiger partial charge on any atom is 0.352 e. The second-order valence-corrected chi connectivity index (χ2v) is 7.60. The van der Waals surface area contributed by atoms with Gasteiger partial charge in [-0.2, -0.15) is 9.78 Å². The van der Waals surface area contributed by atoms with Gasteiger partial charge in [-0.15, -0.1) is 0 Å². The van der Waals surface area contributed by atoms with Crippen LogP contribution < -0.4 is 16.6 Å². The van der Waals surface area contributed by atoms with Gasteiger partial charge in [0.2, 0.25) is 5.69 Å². The van der Waals surface area contributed by atoms with Crippen LogP contribution in [-0.4, -0.2) is 20.3 Å². The van der Waals surface area contributed by atoms with Crippen molar-refractivity contribution >= 4 is 17.5 Å².